The quantitative estimate of drug-likeness (QED) is 0.502. The van der Waals surface area contributed by atoms with E-state index in [4.69, 9.17) is 11.6 Å². The Morgan fingerprint density at radius 2 is 2.09 bits per heavy atom. The van der Waals surface area contributed by atoms with Crippen LogP contribution in [-0.4, -0.2) is 10.7 Å². The number of hydrogen-bond donors (Lipinski definition) is 1. The van der Waals surface area contributed by atoms with Crippen LogP contribution >= 0.6 is 11.6 Å². The van der Waals surface area contributed by atoms with E-state index in [2.05, 4.69) is 5.73 Å². The maximum absolute atomic E-state index is 9.19. The Balaban J connectivity index is 4.14. The molecule has 0 fully saturated rings. The highest BCUT2D eigenvalue weighted by Gasteiger charge is 2.04. The maximum atomic E-state index is 9.19. The zero-order valence-corrected chi connectivity index (χ0v) is 7.81. The smallest absolute Gasteiger partial charge is 0.0844 e. The Morgan fingerprint density at radius 3 is 2.45 bits per heavy atom. The van der Waals surface area contributed by atoms with Gasteiger partial charge in [-0.3, -0.25) is 0 Å². The van der Waals surface area contributed by atoms with Gasteiger partial charge in [-0.1, -0.05) is 11.6 Å². The highest BCUT2D eigenvalue weighted by atomic mass is 35.5. The van der Waals surface area contributed by atoms with Crippen molar-refractivity contribution in [2.24, 2.45) is 0 Å². The standard InChI is InChI=1S/C9H13ClO/c1-8(10)6-4-5-7-9(2,3)11/h4,6-7,11H,1-3H3/b8-6+. The van der Waals surface area contributed by atoms with E-state index in [1.807, 2.05) is 0 Å². The van der Waals surface area contributed by atoms with E-state index in [9.17, 15) is 5.11 Å². The lowest BCUT2D eigenvalue weighted by atomic mass is 10.1. The normalized spacial score (nSPS) is 12.3. The number of aliphatic hydroxyl groups is 1. The summed E-state index contributed by atoms with van der Waals surface area (Å²) in [4.78, 5) is 0. The predicted octanol–water partition coefficient (Wildman–Crippen LogP) is 2.61. The maximum Gasteiger partial charge on any atom is 0.0844 e. The first kappa shape index (κ1) is 10.5. The first-order chi connectivity index (χ1) is 4.92. The van der Waals surface area contributed by atoms with Gasteiger partial charge in [0, 0.05) is 5.03 Å². The van der Waals surface area contributed by atoms with Crippen molar-refractivity contribution in [2.45, 2.75) is 26.4 Å². The summed E-state index contributed by atoms with van der Waals surface area (Å²) in [5, 5.41) is 9.89. The molecule has 62 valence electrons. The van der Waals surface area contributed by atoms with E-state index in [0.717, 1.165) is 0 Å². The minimum Gasteiger partial charge on any atom is -0.386 e. The molecule has 0 saturated heterocycles. The van der Waals surface area contributed by atoms with Crippen LogP contribution in [0.3, 0.4) is 0 Å². The summed E-state index contributed by atoms with van der Waals surface area (Å²) in [6.45, 7) is 5.15. The second-order valence-electron chi connectivity index (χ2n) is 2.88. The Hall–Kier alpha value is -0.490. The molecule has 0 saturated carbocycles. The fourth-order valence-electron chi connectivity index (χ4n) is 0.415. The van der Waals surface area contributed by atoms with Crippen molar-refractivity contribution in [3.05, 3.63) is 29.0 Å². The van der Waals surface area contributed by atoms with Crippen molar-refractivity contribution in [3.63, 3.8) is 0 Å². The molecule has 0 radical (unpaired) electrons. The molecule has 0 unspecified atom stereocenters. The minimum atomic E-state index is -0.801. The molecule has 0 aliphatic rings. The minimum absolute atomic E-state index is 0.696. The first-order valence-electron chi connectivity index (χ1n) is 3.40. The molecule has 0 bridgehead atoms. The Bertz CT molecular complexity index is 198. The predicted molar refractivity (Wildman–Crippen MR) is 48.6 cm³/mol. The molecule has 1 N–H and O–H groups in total. The van der Waals surface area contributed by atoms with Crippen LogP contribution in [0.2, 0.25) is 0 Å². The lowest BCUT2D eigenvalue weighted by Gasteiger charge is -2.07. The molecular weight excluding hydrogens is 160 g/mol. The van der Waals surface area contributed by atoms with Gasteiger partial charge in [-0.25, -0.2) is 0 Å². The molecule has 1 nitrogen and oxygen atoms in total. The van der Waals surface area contributed by atoms with Crippen LogP contribution in [0.25, 0.3) is 0 Å². The van der Waals surface area contributed by atoms with E-state index >= 15 is 0 Å². The van der Waals surface area contributed by atoms with Crippen LogP contribution in [0.1, 0.15) is 20.8 Å². The highest BCUT2D eigenvalue weighted by molar-refractivity contribution is 6.29. The molecule has 2 heteroatoms. The second kappa shape index (κ2) is 4.40. The second-order valence-corrected chi connectivity index (χ2v) is 3.48. The molecule has 0 aromatic rings. The Kier molecular flexibility index (Phi) is 4.20. The van der Waals surface area contributed by atoms with Gasteiger partial charge in [0.25, 0.3) is 0 Å². The van der Waals surface area contributed by atoms with E-state index in [1.54, 1.807) is 39.0 Å². The van der Waals surface area contributed by atoms with Gasteiger partial charge in [-0.15, -0.1) is 5.73 Å². The van der Waals surface area contributed by atoms with Gasteiger partial charge in [0.2, 0.25) is 0 Å². The molecule has 0 aliphatic carbocycles. The SMILES string of the molecule is C/C(Cl)=C\C=C=CC(C)(C)O. The van der Waals surface area contributed by atoms with Crippen molar-refractivity contribution in [1.29, 1.82) is 0 Å². The Morgan fingerprint density at radius 1 is 1.55 bits per heavy atom. The van der Waals surface area contributed by atoms with E-state index < -0.39 is 5.60 Å². The van der Waals surface area contributed by atoms with Crippen molar-refractivity contribution < 1.29 is 5.11 Å². The Labute approximate surface area is 72.7 Å². The van der Waals surface area contributed by atoms with E-state index in [1.165, 1.54) is 0 Å². The lowest BCUT2D eigenvalue weighted by molar-refractivity contribution is 0.133. The van der Waals surface area contributed by atoms with Crippen LogP contribution in [0.5, 0.6) is 0 Å². The molecule has 0 aromatic heterocycles. The van der Waals surface area contributed by atoms with Crippen LogP contribution in [0.4, 0.5) is 0 Å². The third-order valence-corrected chi connectivity index (χ3v) is 0.972. The number of rotatable bonds is 2. The summed E-state index contributed by atoms with van der Waals surface area (Å²) in [7, 11) is 0. The molecule has 11 heavy (non-hydrogen) atoms. The van der Waals surface area contributed by atoms with Gasteiger partial charge in [-0.2, -0.15) is 0 Å². The van der Waals surface area contributed by atoms with Gasteiger partial charge >= 0.3 is 0 Å². The molecule has 0 atom stereocenters. The first-order valence-corrected chi connectivity index (χ1v) is 3.78. The summed E-state index contributed by atoms with van der Waals surface area (Å²) < 4.78 is 0. The summed E-state index contributed by atoms with van der Waals surface area (Å²) >= 11 is 5.54. The molecule has 0 aromatic carbocycles. The van der Waals surface area contributed by atoms with E-state index in [0.29, 0.717) is 5.03 Å². The van der Waals surface area contributed by atoms with Crippen molar-refractivity contribution in [2.75, 3.05) is 0 Å². The molecule has 0 aliphatic heterocycles. The average Bonchev–Trinajstić information content (AvgIpc) is 1.78. The third kappa shape index (κ3) is 9.51. The summed E-state index contributed by atoms with van der Waals surface area (Å²) in [6, 6.07) is 0. The number of halogens is 1. The molecule has 0 spiro atoms. The number of allylic oxidation sites excluding steroid dienone is 2. The monoisotopic (exact) mass is 172 g/mol. The fraction of sp³-hybridized carbons (Fsp3) is 0.444. The largest absolute Gasteiger partial charge is 0.386 e. The van der Waals surface area contributed by atoms with E-state index in [-0.39, 0.29) is 0 Å². The zero-order chi connectivity index (χ0) is 8.91. The summed E-state index contributed by atoms with van der Waals surface area (Å²) in [5.41, 5.74) is 1.99. The topological polar surface area (TPSA) is 20.2 Å². The van der Waals surface area contributed by atoms with Crippen molar-refractivity contribution >= 4 is 11.6 Å². The van der Waals surface area contributed by atoms with Gasteiger partial charge in [0.1, 0.15) is 0 Å². The van der Waals surface area contributed by atoms with Gasteiger partial charge < -0.3 is 5.11 Å². The van der Waals surface area contributed by atoms with Gasteiger partial charge in [0.15, 0.2) is 0 Å². The average molecular weight is 173 g/mol. The number of hydrogen-bond acceptors (Lipinski definition) is 1. The van der Waals surface area contributed by atoms with Crippen molar-refractivity contribution in [1.82, 2.24) is 0 Å². The zero-order valence-electron chi connectivity index (χ0n) is 7.06. The van der Waals surface area contributed by atoms with Crippen LogP contribution in [-0.2, 0) is 0 Å². The van der Waals surface area contributed by atoms with Crippen LogP contribution in [0.15, 0.2) is 29.0 Å². The molecule has 0 heterocycles. The fourth-order valence-corrected chi connectivity index (χ4v) is 0.478. The van der Waals surface area contributed by atoms with Crippen LogP contribution < -0.4 is 0 Å². The van der Waals surface area contributed by atoms with Gasteiger partial charge in [-0.05, 0) is 39.0 Å². The van der Waals surface area contributed by atoms with Crippen molar-refractivity contribution in [3.8, 4) is 0 Å². The summed E-state index contributed by atoms with van der Waals surface area (Å²) in [6.07, 6.45) is 4.95. The molecule has 0 amide bonds. The molecule has 0 rings (SSSR count). The van der Waals surface area contributed by atoms with Gasteiger partial charge in [0.05, 0.1) is 5.60 Å². The highest BCUT2D eigenvalue weighted by Crippen LogP contribution is 2.01. The molecular formula is C9H13ClO. The third-order valence-electron chi connectivity index (χ3n) is 0.846. The van der Waals surface area contributed by atoms with Crippen LogP contribution in [0, 0.1) is 0 Å². The lowest BCUT2D eigenvalue weighted by Crippen LogP contribution is -2.12. The summed E-state index contributed by atoms with van der Waals surface area (Å²) in [5.74, 6) is 0.